The summed E-state index contributed by atoms with van der Waals surface area (Å²) >= 11 is 0. The molecule has 8 heteroatoms. The van der Waals surface area contributed by atoms with Crippen LogP contribution in [-0.2, 0) is 17.5 Å². The molecule has 0 radical (unpaired) electrons. The molecular formula is C18H18F3N3O2. The van der Waals surface area contributed by atoms with E-state index in [0.717, 1.165) is 18.2 Å². The van der Waals surface area contributed by atoms with E-state index in [0.29, 0.717) is 30.9 Å². The Morgan fingerprint density at radius 2 is 2.08 bits per heavy atom. The Bertz CT molecular complexity index is 809. The van der Waals surface area contributed by atoms with Gasteiger partial charge >= 0.3 is 6.18 Å². The number of aromatic nitrogens is 1. The van der Waals surface area contributed by atoms with Gasteiger partial charge in [0.1, 0.15) is 11.4 Å². The quantitative estimate of drug-likeness (QED) is 0.905. The van der Waals surface area contributed by atoms with Crippen molar-refractivity contribution in [1.82, 2.24) is 15.2 Å². The predicted molar refractivity (Wildman–Crippen MR) is 89.5 cm³/mol. The third-order valence-corrected chi connectivity index (χ3v) is 4.10. The zero-order valence-corrected chi connectivity index (χ0v) is 14.1. The minimum atomic E-state index is -4.51. The van der Waals surface area contributed by atoms with Gasteiger partial charge in [0.15, 0.2) is 0 Å². The molecule has 0 aliphatic carbocycles. The number of nitrogens with zero attached hydrogens (tertiary/aromatic N) is 2. The van der Waals surface area contributed by atoms with E-state index < -0.39 is 11.9 Å². The Morgan fingerprint density at radius 3 is 2.77 bits per heavy atom. The smallest absolute Gasteiger partial charge is 0.433 e. The molecule has 138 valence electrons. The number of alkyl halides is 3. The van der Waals surface area contributed by atoms with Gasteiger partial charge in [0.25, 0.3) is 0 Å². The maximum absolute atomic E-state index is 13.0. The van der Waals surface area contributed by atoms with Crippen LogP contribution < -0.4 is 10.1 Å². The number of carbonyl (C=O) groups is 1. The highest BCUT2D eigenvalue weighted by Crippen LogP contribution is 2.33. The molecular weight excluding hydrogens is 347 g/mol. The Kier molecular flexibility index (Phi) is 5.13. The van der Waals surface area contributed by atoms with Gasteiger partial charge in [-0.05, 0) is 29.8 Å². The Hall–Kier alpha value is -2.61. The highest BCUT2D eigenvalue weighted by molar-refractivity contribution is 5.78. The fourth-order valence-corrected chi connectivity index (χ4v) is 2.88. The number of methoxy groups -OCH3 is 1. The van der Waals surface area contributed by atoms with Crippen LogP contribution in [0.2, 0.25) is 0 Å². The fourth-order valence-electron chi connectivity index (χ4n) is 2.88. The first-order valence-corrected chi connectivity index (χ1v) is 8.07. The standard InChI is InChI=1S/C18H18F3N3O2/c1-26-15-6-5-12(10-24-8-7-22-17(25)11-24)9-13(15)14-3-2-4-16(23-14)18(19,20)21/h2-6,9H,7-8,10-11H2,1H3,(H,22,25). The van der Waals surface area contributed by atoms with Crippen molar-refractivity contribution in [3.63, 3.8) is 0 Å². The SMILES string of the molecule is COc1ccc(CN2CCNC(=O)C2)cc1-c1cccc(C(F)(F)F)n1. The number of halogens is 3. The van der Waals surface area contributed by atoms with Gasteiger partial charge in [-0.25, -0.2) is 4.98 Å². The van der Waals surface area contributed by atoms with Crippen LogP contribution in [0.3, 0.4) is 0 Å². The lowest BCUT2D eigenvalue weighted by atomic mass is 10.0. The Balaban J connectivity index is 1.92. The van der Waals surface area contributed by atoms with E-state index in [4.69, 9.17) is 4.74 Å². The molecule has 5 nitrogen and oxygen atoms in total. The highest BCUT2D eigenvalue weighted by Gasteiger charge is 2.32. The molecule has 1 saturated heterocycles. The zero-order valence-electron chi connectivity index (χ0n) is 14.1. The van der Waals surface area contributed by atoms with Gasteiger partial charge in [-0.2, -0.15) is 13.2 Å². The molecule has 1 amide bonds. The molecule has 1 aromatic carbocycles. The average molecular weight is 365 g/mol. The number of pyridine rings is 1. The highest BCUT2D eigenvalue weighted by atomic mass is 19.4. The fraction of sp³-hybridized carbons (Fsp3) is 0.333. The molecule has 0 spiro atoms. The predicted octanol–water partition coefficient (Wildman–Crippen LogP) is 2.71. The molecule has 0 bridgehead atoms. The second-order valence-electron chi connectivity index (χ2n) is 6.00. The molecule has 3 rings (SSSR count). The van der Waals surface area contributed by atoms with Gasteiger partial charge in [-0.3, -0.25) is 9.69 Å². The van der Waals surface area contributed by atoms with Crippen molar-refractivity contribution in [1.29, 1.82) is 0 Å². The number of hydrogen-bond donors (Lipinski definition) is 1. The minimum Gasteiger partial charge on any atom is -0.496 e. The van der Waals surface area contributed by atoms with Crippen molar-refractivity contribution >= 4 is 5.91 Å². The minimum absolute atomic E-state index is 0.0375. The molecule has 1 aliphatic heterocycles. The van der Waals surface area contributed by atoms with Crippen LogP contribution in [0.5, 0.6) is 5.75 Å². The maximum Gasteiger partial charge on any atom is 0.433 e. The molecule has 2 aromatic rings. The van der Waals surface area contributed by atoms with E-state index >= 15 is 0 Å². The number of ether oxygens (including phenoxy) is 1. The summed E-state index contributed by atoms with van der Waals surface area (Å²) in [6, 6.07) is 9.08. The largest absolute Gasteiger partial charge is 0.496 e. The van der Waals surface area contributed by atoms with Crippen molar-refractivity contribution < 1.29 is 22.7 Å². The molecule has 1 aromatic heterocycles. The van der Waals surface area contributed by atoms with E-state index in [-0.39, 0.29) is 11.6 Å². The summed E-state index contributed by atoms with van der Waals surface area (Å²) < 4.78 is 44.1. The number of carbonyl (C=O) groups excluding carboxylic acids is 1. The number of amides is 1. The van der Waals surface area contributed by atoms with E-state index in [1.807, 2.05) is 11.0 Å². The summed E-state index contributed by atoms with van der Waals surface area (Å²) in [6.07, 6.45) is -4.51. The van der Waals surface area contributed by atoms with Gasteiger partial charge in [0.2, 0.25) is 5.91 Å². The summed E-state index contributed by atoms with van der Waals surface area (Å²) in [5.41, 5.74) is 0.595. The lowest BCUT2D eigenvalue weighted by molar-refractivity contribution is -0.141. The molecule has 26 heavy (non-hydrogen) atoms. The molecule has 0 saturated carbocycles. The van der Waals surface area contributed by atoms with E-state index in [2.05, 4.69) is 10.3 Å². The molecule has 0 atom stereocenters. The molecule has 1 aliphatic rings. The van der Waals surface area contributed by atoms with Crippen LogP contribution in [0.1, 0.15) is 11.3 Å². The molecule has 0 unspecified atom stereocenters. The van der Waals surface area contributed by atoms with Crippen LogP contribution in [0, 0.1) is 0 Å². The molecule has 2 heterocycles. The van der Waals surface area contributed by atoms with Crippen LogP contribution in [-0.4, -0.2) is 42.5 Å². The van der Waals surface area contributed by atoms with Gasteiger partial charge in [0, 0.05) is 25.2 Å². The van der Waals surface area contributed by atoms with Crippen molar-refractivity contribution in [2.75, 3.05) is 26.7 Å². The molecule has 1 N–H and O–H groups in total. The van der Waals surface area contributed by atoms with Gasteiger partial charge in [0.05, 0.1) is 19.3 Å². The monoisotopic (exact) mass is 365 g/mol. The number of rotatable bonds is 4. The van der Waals surface area contributed by atoms with Gasteiger partial charge < -0.3 is 10.1 Å². The third kappa shape index (κ3) is 4.13. The second kappa shape index (κ2) is 7.33. The van der Waals surface area contributed by atoms with Crippen LogP contribution in [0.4, 0.5) is 13.2 Å². The topological polar surface area (TPSA) is 54.5 Å². The van der Waals surface area contributed by atoms with Crippen LogP contribution in [0.25, 0.3) is 11.3 Å². The van der Waals surface area contributed by atoms with E-state index in [1.54, 1.807) is 12.1 Å². The zero-order chi connectivity index (χ0) is 18.7. The summed E-state index contributed by atoms with van der Waals surface area (Å²) in [5, 5.41) is 2.76. The van der Waals surface area contributed by atoms with Crippen LogP contribution >= 0.6 is 0 Å². The summed E-state index contributed by atoms with van der Waals surface area (Å²) in [5.74, 6) is 0.404. The van der Waals surface area contributed by atoms with Crippen molar-refractivity contribution in [3.05, 3.63) is 47.7 Å². The number of hydrogen-bond acceptors (Lipinski definition) is 4. The normalized spacial score (nSPS) is 15.6. The van der Waals surface area contributed by atoms with Gasteiger partial charge in [-0.15, -0.1) is 0 Å². The van der Waals surface area contributed by atoms with Crippen molar-refractivity contribution in [2.24, 2.45) is 0 Å². The van der Waals surface area contributed by atoms with Crippen molar-refractivity contribution in [3.8, 4) is 17.0 Å². The first-order valence-electron chi connectivity index (χ1n) is 8.07. The molecule has 1 fully saturated rings. The first kappa shape index (κ1) is 18.2. The first-order chi connectivity index (χ1) is 12.4. The number of benzene rings is 1. The average Bonchev–Trinajstić information content (AvgIpc) is 2.61. The van der Waals surface area contributed by atoms with E-state index in [9.17, 15) is 18.0 Å². The maximum atomic E-state index is 13.0. The van der Waals surface area contributed by atoms with E-state index in [1.165, 1.54) is 19.2 Å². The second-order valence-corrected chi connectivity index (χ2v) is 6.00. The number of nitrogens with one attached hydrogen (secondary N) is 1. The van der Waals surface area contributed by atoms with Crippen LogP contribution in [0.15, 0.2) is 36.4 Å². The summed E-state index contributed by atoms with van der Waals surface area (Å²) in [4.78, 5) is 17.2. The summed E-state index contributed by atoms with van der Waals surface area (Å²) in [7, 11) is 1.46. The number of piperazine rings is 1. The third-order valence-electron chi connectivity index (χ3n) is 4.10. The summed E-state index contributed by atoms with van der Waals surface area (Å²) in [6.45, 7) is 2.11. The Labute approximate surface area is 148 Å². The lowest BCUT2D eigenvalue weighted by Gasteiger charge is -2.26. The lowest BCUT2D eigenvalue weighted by Crippen LogP contribution is -2.47. The van der Waals surface area contributed by atoms with Gasteiger partial charge in [-0.1, -0.05) is 12.1 Å². The Morgan fingerprint density at radius 1 is 1.27 bits per heavy atom. The van der Waals surface area contributed by atoms with Crippen molar-refractivity contribution in [2.45, 2.75) is 12.7 Å².